The molecule has 0 saturated heterocycles. The van der Waals surface area contributed by atoms with Crippen molar-refractivity contribution >= 4 is 39.5 Å². The summed E-state index contributed by atoms with van der Waals surface area (Å²) in [5, 5.41) is 6.23. The number of oxazole rings is 1. The van der Waals surface area contributed by atoms with Crippen LogP contribution in [0.15, 0.2) is 58.6 Å². The molecule has 0 amide bonds. The van der Waals surface area contributed by atoms with Crippen LogP contribution in [0.25, 0.3) is 33.6 Å². The van der Waals surface area contributed by atoms with E-state index < -0.39 is 0 Å². The number of aryl methyl sites for hydroxylation is 2. The van der Waals surface area contributed by atoms with Crippen molar-refractivity contribution in [1.29, 1.82) is 0 Å². The number of rotatable bonds is 4. The van der Waals surface area contributed by atoms with E-state index in [0.717, 1.165) is 50.4 Å². The first-order valence-electron chi connectivity index (χ1n) is 10.2. The average molecular weight is 442 g/mol. The maximum Gasteiger partial charge on any atom is 0.257 e. The summed E-state index contributed by atoms with van der Waals surface area (Å²) in [6.45, 7) is 6.23. The smallest absolute Gasteiger partial charge is 0.257 e. The Morgan fingerprint density at radius 2 is 1.84 bits per heavy atom. The fourth-order valence-electron chi connectivity index (χ4n) is 3.98. The van der Waals surface area contributed by atoms with E-state index in [9.17, 15) is 0 Å². The van der Waals surface area contributed by atoms with Crippen molar-refractivity contribution in [2.75, 3.05) is 0 Å². The third-order valence-corrected chi connectivity index (χ3v) is 6.49. The van der Waals surface area contributed by atoms with E-state index >= 15 is 0 Å². The zero-order valence-electron chi connectivity index (χ0n) is 17.8. The van der Waals surface area contributed by atoms with E-state index in [2.05, 4.69) is 46.5 Å². The Labute approximate surface area is 187 Å². The fraction of sp³-hybridized carbons (Fsp3) is 0.174. The van der Waals surface area contributed by atoms with Crippen LogP contribution in [0.5, 0.6) is 0 Å². The van der Waals surface area contributed by atoms with Crippen molar-refractivity contribution in [2.45, 2.75) is 31.7 Å². The number of hydrogen-bond donors (Lipinski definition) is 0. The third kappa shape index (κ3) is 2.89. The van der Waals surface area contributed by atoms with Crippen LogP contribution in [0.3, 0.4) is 0 Å². The van der Waals surface area contributed by atoms with E-state index in [0.29, 0.717) is 16.8 Å². The summed E-state index contributed by atoms with van der Waals surface area (Å²) in [7, 11) is 0. The van der Waals surface area contributed by atoms with Gasteiger partial charge in [-0.3, -0.25) is 4.57 Å². The lowest BCUT2D eigenvalue weighted by Gasteiger charge is -2.09. The Bertz CT molecular complexity index is 1600. The molecule has 0 radical (unpaired) electrons. The standard InChI is InChI=1S/C23H19N7OS/c1-13-7-6-10-24-20(13)30-15(3)14(2)19-21(30)25-12-29-22(19)27-18(28-29)11-32-23-26-16-8-4-5-9-17(16)31-23/h4-10,12H,11H2,1-3H3. The van der Waals surface area contributed by atoms with E-state index in [1.807, 2.05) is 30.3 Å². The number of para-hydroxylation sites is 2. The highest BCUT2D eigenvalue weighted by Gasteiger charge is 2.20. The predicted octanol–water partition coefficient (Wildman–Crippen LogP) is 4.82. The van der Waals surface area contributed by atoms with Gasteiger partial charge in [0.15, 0.2) is 22.7 Å². The molecule has 32 heavy (non-hydrogen) atoms. The molecular formula is C23H19N7OS. The molecule has 6 rings (SSSR count). The van der Waals surface area contributed by atoms with E-state index in [-0.39, 0.29) is 0 Å². The van der Waals surface area contributed by atoms with Crippen molar-refractivity contribution in [3.8, 4) is 5.82 Å². The molecule has 0 aliphatic heterocycles. The minimum atomic E-state index is 0.550. The van der Waals surface area contributed by atoms with Gasteiger partial charge in [0.25, 0.3) is 5.22 Å². The molecule has 0 aliphatic rings. The van der Waals surface area contributed by atoms with Gasteiger partial charge in [0, 0.05) is 11.9 Å². The summed E-state index contributed by atoms with van der Waals surface area (Å²) in [6, 6.07) is 11.7. The van der Waals surface area contributed by atoms with Crippen LogP contribution >= 0.6 is 11.8 Å². The van der Waals surface area contributed by atoms with E-state index in [4.69, 9.17) is 14.4 Å². The van der Waals surface area contributed by atoms with Crippen LogP contribution < -0.4 is 0 Å². The number of aromatic nitrogens is 7. The largest absolute Gasteiger partial charge is 0.431 e. The summed E-state index contributed by atoms with van der Waals surface area (Å²) in [4.78, 5) is 18.7. The Kier molecular flexibility index (Phi) is 4.25. The molecular weight excluding hydrogens is 422 g/mol. The number of hydrogen-bond acceptors (Lipinski definition) is 7. The van der Waals surface area contributed by atoms with Crippen LogP contribution in [-0.2, 0) is 5.75 Å². The number of fused-ring (bicyclic) bond motifs is 4. The van der Waals surface area contributed by atoms with Gasteiger partial charge in [-0.25, -0.2) is 24.5 Å². The zero-order valence-corrected chi connectivity index (χ0v) is 18.6. The van der Waals surface area contributed by atoms with Crippen LogP contribution in [0.2, 0.25) is 0 Å². The molecule has 0 unspecified atom stereocenters. The molecule has 0 fully saturated rings. The van der Waals surface area contributed by atoms with Crippen molar-refractivity contribution in [1.82, 2.24) is 34.1 Å². The lowest BCUT2D eigenvalue weighted by atomic mass is 10.2. The Hall–Kier alpha value is -3.72. The van der Waals surface area contributed by atoms with Crippen molar-refractivity contribution in [3.05, 3.63) is 71.6 Å². The molecule has 0 spiro atoms. The minimum Gasteiger partial charge on any atom is -0.431 e. The number of pyridine rings is 1. The monoisotopic (exact) mass is 441 g/mol. The molecule has 0 saturated carbocycles. The average Bonchev–Trinajstić information content (AvgIpc) is 3.47. The van der Waals surface area contributed by atoms with Gasteiger partial charge in [-0.1, -0.05) is 30.0 Å². The first-order chi connectivity index (χ1) is 15.6. The lowest BCUT2D eigenvalue weighted by Crippen LogP contribution is -2.03. The topological polar surface area (TPSA) is 86.9 Å². The molecule has 0 aliphatic carbocycles. The molecule has 8 nitrogen and oxygen atoms in total. The van der Waals surface area contributed by atoms with Crippen molar-refractivity contribution in [2.24, 2.45) is 0 Å². The zero-order chi connectivity index (χ0) is 21.8. The second kappa shape index (κ2) is 7.16. The highest BCUT2D eigenvalue weighted by molar-refractivity contribution is 7.98. The van der Waals surface area contributed by atoms with Crippen molar-refractivity contribution < 1.29 is 4.42 Å². The molecule has 5 heterocycles. The first kappa shape index (κ1) is 19.0. The van der Waals surface area contributed by atoms with Gasteiger partial charge in [-0.15, -0.1) is 5.10 Å². The molecule has 9 heteroatoms. The molecule has 158 valence electrons. The van der Waals surface area contributed by atoms with Gasteiger partial charge in [-0.05, 0) is 50.1 Å². The van der Waals surface area contributed by atoms with Crippen LogP contribution in [-0.4, -0.2) is 34.1 Å². The molecule has 1 aromatic carbocycles. The van der Waals surface area contributed by atoms with E-state index in [1.54, 1.807) is 17.0 Å². The summed E-state index contributed by atoms with van der Waals surface area (Å²) < 4.78 is 9.64. The highest BCUT2D eigenvalue weighted by atomic mass is 32.2. The van der Waals surface area contributed by atoms with Gasteiger partial charge in [0.1, 0.15) is 17.7 Å². The molecule has 0 bridgehead atoms. The normalized spacial score (nSPS) is 11.8. The van der Waals surface area contributed by atoms with Gasteiger partial charge >= 0.3 is 0 Å². The Morgan fingerprint density at radius 1 is 0.969 bits per heavy atom. The predicted molar refractivity (Wildman–Crippen MR) is 123 cm³/mol. The van der Waals surface area contributed by atoms with Gasteiger partial charge in [0.2, 0.25) is 0 Å². The maximum atomic E-state index is 5.80. The SMILES string of the molecule is Cc1cccnc1-n1c(C)c(C)c2c1ncn1nc(CSc3nc4ccccc4o3)nc21. The van der Waals surface area contributed by atoms with Crippen LogP contribution in [0.1, 0.15) is 22.6 Å². The van der Waals surface area contributed by atoms with Gasteiger partial charge < -0.3 is 4.42 Å². The number of benzene rings is 1. The molecule has 6 aromatic rings. The highest BCUT2D eigenvalue weighted by Crippen LogP contribution is 2.31. The number of thioether (sulfide) groups is 1. The summed E-state index contributed by atoms with van der Waals surface area (Å²) in [5.41, 5.74) is 6.55. The van der Waals surface area contributed by atoms with Crippen molar-refractivity contribution in [3.63, 3.8) is 0 Å². The Morgan fingerprint density at radius 3 is 2.69 bits per heavy atom. The van der Waals surface area contributed by atoms with E-state index in [1.165, 1.54) is 11.8 Å². The first-order valence-corrected chi connectivity index (χ1v) is 11.2. The minimum absolute atomic E-state index is 0.550. The number of nitrogens with zero attached hydrogens (tertiary/aromatic N) is 7. The lowest BCUT2D eigenvalue weighted by molar-refractivity contribution is 0.489. The molecule has 0 N–H and O–H groups in total. The van der Waals surface area contributed by atoms with Crippen LogP contribution in [0.4, 0.5) is 0 Å². The van der Waals surface area contributed by atoms with Gasteiger partial charge in [-0.2, -0.15) is 0 Å². The summed E-state index contributed by atoms with van der Waals surface area (Å²) in [6.07, 6.45) is 3.52. The molecule has 5 aromatic heterocycles. The second-order valence-electron chi connectivity index (χ2n) is 7.67. The summed E-state index contributed by atoms with van der Waals surface area (Å²) in [5.74, 6) is 2.13. The fourth-order valence-corrected chi connectivity index (χ4v) is 4.66. The maximum absolute atomic E-state index is 5.80. The summed E-state index contributed by atoms with van der Waals surface area (Å²) >= 11 is 1.48. The Balaban J connectivity index is 1.41. The quantitative estimate of drug-likeness (QED) is 0.362. The third-order valence-electron chi connectivity index (χ3n) is 5.67. The van der Waals surface area contributed by atoms with Gasteiger partial charge in [0.05, 0.1) is 11.1 Å². The second-order valence-corrected chi connectivity index (χ2v) is 8.59. The molecule has 0 atom stereocenters. The van der Waals surface area contributed by atoms with Crippen LogP contribution in [0, 0.1) is 20.8 Å².